The van der Waals surface area contributed by atoms with E-state index in [1.165, 1.54) is 6.07 Å². The summed E-state index contributed by atoms with van der Waals surface area (Å²) in [5.41, 5.74) is 1.03. The Morgan fingerprint density at radius 2 is 2.15 bits per heavy atom. The minimum Gasteiger partial charge on any atom is -0.310 e. The van der Waals surface area contributed by atoms with E-state index < -0.39 is 0 Å². The van der Waals surface area contributed by atoms with Crippen LogP contribution in [0.25, 0.3) is 0 Å². The lowest BCUT2D eigenvalue weighted by Crippen LogP contribution is -2.20. The van der Waals surface area contributed by atoms with E-state index >= 15 is 0 Å². The van der Waals surface area contributed by atoms with Crippen molar-refractivity contribution in [3.05, 3.63) is 35.6 Å². The maximum absolute atomic E-state index is 12.9. The van der Waals surface area contributed by atoms with E-state index in [4.69, 9.17) is 0 Å². The molecule has 0 spiro atoms. The molecule has 0 aliphatic heterocycles. The molecule has 1 atom stereocenters. The number of nitrogens with one attached hydrogen (secondary N) is 1. The minimum absolute atomic E-state index is 0.158. The zero-order chi connectivity index (χ0) is 9.68. The summed E-state index contributed by atoms with van der Waals surface area (Å²) in [4.78, 5) is 0. The van der Waals surface area contributed by atoms with Gasteiger partial charge in [-0.3, -0.25) is 0 Å². The van der Waals surface area contributed by atoms with Crippen LogP contribution in [0.1, 0.15) is 31.9 Å². The van der Waals surface area contributed by atoms with Crippen LogP contribution in [-0.4, -0.2) is 6.54 Å². The van der Waals surface area contributed by atoms with Crippen molar-refractivity contribution in [2.45, 2.75) is 26.3 Å². The van der Waals surface area contributed by atoms with Gasteiger partial charge in [0.15, 0.2) is 0 Å². The van der Waals surface area contributed by atoms with Crippen molar-refractivity contribution in [3.63, 3.8) is 0 Å². The van der Waals surface area contributed by atoms with Gasteiger partial charge in [0, 0.05) is 6.04 Å². The van der Waals surface area contributed by atoms with Gasteiger partial charge in [-0.15, -0.1) is 0 Å². The van der Waals surface area contributed by atoms with Gasteiger partial charge >= 0.3 is 0 Å². The molecule has 0 aromatic heterocycles. The molecule has 0 bridgehead atoms. The third kappa shape index (κ3) is 2.81. The largest absolute Gasteiger partial charge is 0.310 e. The van der Waals surface area contributed by atoms with E-state index in [-0.39, 0.29) is 11.9 Å². The van der Waals surface area contributed by atoms with Gasteiger partial charge in [0.2, 0.25) is 0 Å². The van der Waals surface area contributed by atoms with Gasteiger partial charge < -0.3 is 5.32 Å². The van der Waals surface area contributed by atoms with Crippen LogP contribution in [0.5, 0.6) is 0 Å². The molecule has 1 nitrogen and oxygen atoms in total. The standard InChI is InChI=1S/C11H16FN/c1-3-11(13-4-2)9-6-5-7-10(12)8-9/h5-8,11,13H,3-4H2,1-2H3/t11-/m1/s1. The Morgan fingerprint density at radius 1 is 1.38 bits per heavy atom. The second-order valence-electron chi connectivity index (χ2n) is 3.07. The first-order valence-corrected chi connectivity index (χ1v) is 4.76. The molecule has 0 saturated heterocycles. The van der Waals surface area contributed by atoms with Crippen molar-refractivity contribution in [2.24, 2.45) is 0 Å². The molecule has 1 aromatic rings. The summed E-state index contributed by atoms with van der Waals surface area (Å²) in [6.07, 6.45) is 0.983. The molecule has 1 N–H and O–H groups in total. The molecule has 0 aliphatic rings. The lowest BCUT2D eigenvalue weighted by atomic mass is 10.0. The van der Waals surface area contributed by atoms with Crippen LogP contribution in [0.3, 0.4) is 0 Å². The summed E-state index contributed by atoms with van der Waals surface area (Å²) in [7, 11) is 0. The molecule has 0 amide bonds. The molecular weight excluding hydrogens is 165 g/mol. The van der Waals surface area contributed by atoms with Crippen LogP contribution in [0.2, 0.25) is 0 Å². The molecular formula is C11H16FN. The summed E-state index contributed by atoms with van der Waals surface area (Å²) in [5, 5.41) is 3.31. The number of rotatable bonds is 4. The fraction of sp³-hybridized carbons (Fsp3) is 0.455. The molecule has 2 heteroatoms. The summed E-state index contributed by atoms with van der Waals surface area (Å²) in [6.45, 7) is 5.06. The molecule has 0 radical (unpaired) electrons. The normalized spacial score (nSPS) is 12.8. The predicted octanol–water partition coefficient (Wildman–Crippen LogP) is 2.89. The second-order valence-corrected chi connectivity index (χ2v) is 3.07. The Bertz CT molecular complexity index is 260. The van der Waals surface area contributed by atoms with Crippen molar-refractivity contribution in [3.8, 4) is 0 Å². The van der Waals surface area contributed by atoms with Gasteiger partial charge in [-0.1, -0.05) is 26.0 Å². The number of hydrogen-bond donors (Lipinski definition) is 1. The van der Waals surface area contributed by atoms with Crippen LogP contribution in [0.4, 0.5) is 4.39 Å². The zero-order valence-corrected chi connectivity index (χ0v) is 8.18. The molecule has 0 saturated carbocycles. The van der Waals surface area contributed by atoms with Crippen LogP contribution < -0.4 is 5.32 Å². The van der Waals surface area contributed by atoms with E-state index in [1.807, 2.05) is 6.07 Å². The smallest absolute Gasteiger partial charge is 0.123 e. The Morgan fingerprint density at radius 3 is 2.69 bits per heavy atom. The van der Waals surface area contributed by atoms with Crippen molar-refractivity contribution in [1.82, 2.24) is 5.32 Å². The van der Waals surface area contributed by atoms with Gasteiger partial charge in [0.1, 0.15) is 5.82 Å². The molecule has 0 heterocycles. The van der Waals surface area contributed by atoms with Crippen LogP contribution in [0.15, 0.2) is 24.3 Å². The summed E-state index contributed by atoms with van der Waals surface area (Å²) >= 11 is 0. The maximum atomic E-state index is 12.9. The highest BCUT2D eigenvalue weighted by Crippen LogP contribution is 2.16. The molecule has 1 aromatic carbocycles. The van der Waals surface area contributed by atoms with E-state index in [0.717, 1.165) is 18.5 Å². The van der Waals surface area contributed by atoms with E-state index in [9.17, 15) is 4.39 Å². The highest BCUT2D eigenvalue weighted by Gasteiger charge is 2.07. The van der Waals surface area contributed by atoms with Gasteiger partial charge in [-0.05, 0) is 30.7 Å². The first kappa shape index (κ1) is 10.2. The van der Waals surface area contributed by atoms with Crippen molar-refractivity contribution in [1.29, 1.82) is 0 Å². The van der Waals surface area contributed by atoms with Crippen molar-refractivity contribution >= 4 is 0 Å². The Labute approximate surface area is 79.0 Å². The SMILES string of the molecule is CCN[C@H](CC)c1cccc(F)c1. The van der Waals surface area contributed by atoms with Gasteiger partial charge in [0.25, 0.3) is 0 Å². The molecule has 0 fully saturated rings. The molecule has 1 rings (SSSR count). The lowest BCUT2D eigenvalue weighted by Gasteiger charge is -2.15. The maximum Gasteiger partial charge on any atom is 0.123 e. The van der Waals surface area contributed by atoms with Gasteiger partial charge in [0.05, 0.1) is 0 Å². The summed E-state index contributed by atoms with van der Waals surface area (Å²) < 4.78 is 12.9. The summed E-state index contributed by atoms with van der Waals surface area (Å²) in [6, 6.07) is 7.06. The highest BCUT2D eigenvalue weighted by atomic mass is 19.1. The fourth-order valence-corrected chi connectivity index (χ4v) is 1.47. The first-order chi connectivity index (χ1) is 6.27. The van der Waals surface area contributed by atoms with Gasteiger partial charge in [-0.25, -0.2) is 4.39 Å². The Hall–Kier alpha value is -0.890. The zero-order valence-electron chi connectivity index (χ0n) is 8.18. The quantitative estimate of drug-likeness (QED) is 0.753. The number of halogens is 1. The second kappa shape index (κ2) is 4.97. The topological polar surface area (TPSA) is 12.0 Å². The van der Waals surface area contributed by atoms with Crippen LogP contribution in [-0.2, 0) is 0 Å². The molecule has 13 heavy (non-hydrogen) atoms. The average Bonchev–Trinajstić information content (AvgIpc) is 2.14. The Balaban J connectivity index is 2.78. The van der Waals surface area contributed by atoms with E-state index in [0.29, 0.717) is 0 Å². The first-order valence-electron chi connectivity index (χ1n) is 4.76. The molecule has 0 aliphatic carbocycles. The van der Waals surface area contributed by atoms with Crippen molar-refractivity contribution < 1.29 is 4.39 Å². The lowest BCUT2D eigenvalue weighted by molar-refractivity contribution is 0.531. The average molecular weight is 181 g/mol. The monoisotopic (exact) mass is 181 g/mol. The number of hydrogen-bond acceptors (Lipinski definition) is 1. The molecule has 72 valence electrons. The molecule has 0 unspecified atom stereocenters. The highest BCUT2D eigenvalue weighted by molar-refractivity contribution is 5.19. The van der Waals surface area contributed by atoms with Gasteiger partial charge in [-0.2, -0.15) is 0 Å². The van der Waals surface area contributed by atoms with Crippen LogP contribution in [0, 0.1) is 5.82 Å². The van der Waals surface area contributed by atoms with E-state index in [2.05, 4.69) is 19.2 Å². The fourth-order valence-electron chi connectivity index (χ4n) is 1.47. The third-order valence-corrected chi connectivity index (χ3v) is 2.11. The van der Waals surface area contributed by atoms with E-state index in [1.54, 1.807) is 12.1 Å². The number of benzene rings is 1. The minimum atomic E-state index is -0.158. The van der Waals surface area contributed by atoms with Crippen molar-refractivity contribution in [2.75, 3.05) is 6.54 Å². The predicted molar refractivity (Wildman–Crippen MR) is 53.1 cm³/mol. The third-order valence-electron chi connectivity index (χ3n) is 2.11. The van der Waals surface area contributed by atoms with Crippen LogP contribution >= 0.6 is 0 Å². The Kier molecular flexibility index (Phi) is 3.90. The summed E-state index contributed by atoms with van der Waals surface area (Å²) in [5.74, 6) is -0.158.